The maximum Gasteiger partial charge on any atom is 0.125 e. The highest BCUT2D eigenvalue weighted by Crippen LogP contribution is 2.48. The van der Waals surface area contributed by atoms with Crippen LogP contribution in [0.2, 0.25) is 0 Å². The SMILES string of the molecule is C[C@@H]1CCCC2CN(C3C[C@H]4CCC[C@@H](C3)C4)[C@H]1C[C@@H]2n1c(CCl)nc2ccccc21. The first kappa shape index (κ1) is 20.5. The maximum atomic E-state index is 6.44. The molecule has 7 rings (SSSR count). The van der Waals surface area contributed by atoms with Crippen LogP contribution >= 0.6 is 11.6 Å². The minimum atomic E-state index is 0.508. The Kier molecular flexibility index (Phi) is 5.55. The fraction of sp³-hybridized carbons (Fsp3) is 0.741. The van der Waals surface area contributed by atoms with Crippen molar-refractivity contribution in [2.24, 2.45) is 23.7 Å². The molecule has 0 amide bonds. The van der Waals surface area contributed by atoms with E-state index < -0.39 is 0 Å². The average molecular weight is 440 g/mol. The van der Waals surface area contributed by atoms with Gasteiger partial charge in [-0.3, -0.25) is 4.90 Å². The molecule has 3 heterocycles. The van der Waals surface area contributed by atoms with E-state index in [2.05, 4.69) is 40.7 Å². The van der Waals surface area contributed by atoms with E-state index >= 15 is 0 Å². The van der Waals surface area contributed by atoms with Crippen molar-refractivity contribution in [2.75, 3.05) is 6.54 Å². The number of imidazole rings is 1. The predicted molar refractivity (Wildman–Crippen MR) is 128 cm³/mol. The lowest BCUT2D eigenvalue weighted by Gasteiger charge is -2.54. The summed E-state index contributed by atoms with van der Waals surface area (Å²) in [6, 6.07) is 10.8. The smallest absolute Gasteiger partial charge is 0.125 e. The number of para-hydroxylation sites is 2. The number of halogens is 1. The zero-order valence-electron chi connectivity index (χ0n) is 19.1. The molecule has 7 atom stereocenters. The van der Waals surface area contributed by atoms with Gasteiger partial charge in [0.15, 0.2) is 0 Å². The first-order valence-electron chi connectivity index (χ1n) is 13.0. The number of aromatic nitrogens is 2. The van der Waals surface area contributed by atoms with Crippen LogP contribution in [-0.2, 0) is 5.88 Å². The number of alkyl halides is 1. The summed E-state index contributed by atoms with van der Waals surface area (Å²) in [5.41, 5.74) is 2.40. The van der Waals surface area contributed by atoms with E-state index in [0.29, 0.717) is 11.9 Å². The van der Waals surface area contributed by atoms with Crippen molar-refractivity contribution in [1.29, 1.82) is 0 Å². The molecule has 168 valence electrons. The van der Waals surface area contributed by atoms with Crippen LogP contribution in [-0.4, -0.2) is 33.1 Å². The van der Waals surface area contributed by atoms with Gasteiger partial charge in [0.2, 0.25) is 0 Å². The summed E-state index contributed by atoms with van der Waals surface area (Å²) in [4.78, 5) is 7.96. The van der Waals surface area contributed by atoms with E-state index in [1.807, 2.05) is 0 Å². The molecule has 3 saturated carbocycles. The molecule has 0 spiro atoms. The second kappa shape index (κ2) is 8.37. The third-order valence-corrected chi connectivity index (χ3v) is 9.72. The summed E-state index contributed by atoms with van der Waals surface area (Å²) in [5.74, 6) is 5.12. The van der Waals surface area contributed by atoms with Crippen molar-refractivity contribution in [3.63, 3.8) is 0 Å². The van der Waals surface area contributed by atoms with Crippen molar-refractivity contribution in [2.45, 2.75) is 95.1 Å². The summed E-state index contributed by atoms with van der Waals surface area (Å²) >= 11 is 6.44. The normalized spacial score (nSPS) is 38.8. The number of piperidine rings is 1. The molecule has 1 aromatic heterocycles. The van der Waals surface area contributed by atoms with Crippen molar-refractivity contribution in [3.05, 3.63) is 30.1 Å². The molecule has 5 aliphatic rings. The molecule has 2 saturated heterocycles. The van der Waals surface area contributed by atoms with E-state index in [1.54, 1.807) is 0 Å². The summed E-state index contributed by atoms with van der Waals surface area (Å²) in [5, 5.41) is 0. The largest absolute Gasteiger partial charge is 0.323 e. The summed E-state index contributed by atoms with van der Waals surface area (Å²) in [6.45, 7) is 3.83. The molecule has 3 aliphatic carbocycles. The highest BCUT2D eigenvalue weighted by molar-refractivity contribution is 6.16. The van der Waals surface area contributed by atoms with E-state index in [9.17, 15) is 0 Å². The van der Waals surface area contributed by atoms with E-state index in [0.717, 1.165) is 47.1 Å². The Morgan fingerprint density at radius 2 is 1.71 bits per heavy atom. The molecule has 5 fully saturated rings. The van der Waals surface area contributed by atoms with Gasteiger partial charge in [0.05, 0.1) is 16.9 Å². The van der Waals surface area contributed by atoms with Crippen molar-refractivity contribution < 1.29 is 0 Å². The minimum absolute atomic E-state index is 0.508. The molecule has 31 heavy (non-hydrogen) atoms. The molecule has 2 aromatic rings. The van der Waals surface area contributed by atoms with Gasteiger partial charge in [-0.05, 0) is 74.3 Å². The van der Waals surface area contributed by atoms with Gasteiger partial charge in [-0.15, -0.1) is 11.6 Å². The zero-order valence-corrected chi connectivity index (χ0v) is 19.8. The number of hydrogen-bond donors (Lipinski definition) is 0. The molecule has 0 N–H and O–H groups in total. The van der Waals surface area contributed by atoms with Crippen LogP contribution in [0.15, 0.2) is 24.3 Å². The van der Waals surface area contributed by atoms with Crippen molar-refractivity contribution >= 4 is 22.6 Å². The lowest BCUT2D eigenvalue weighted by molar-refractivity contribution is -0.0409. The van der Waals surface area contributed by atoms with Gasteiger partial charge in [-0.1, -0.05) is 44.7 Å². The molecule has 4 heteroatoms. The molecule has 2 aliphatic heterocycles. The molecular formula is C27H38ClN3. The monoisotopic (exact) mass is 439 g/mol. The van der Waals surface area contributed by atoms with Crippen LogP contribution in [0.3, 0.4) is 0 Å². The van der Waals surface area contributed by atoms with Gasteiger partial charge in [0.25, 0.3) is 0 Å². The zero-order chi connectivity index (χ0) is 20.9. The van der Waals surface area contributed by atoms with E-state index in [4.69, 9.17) is 16.6 Å². The van der Waals surface area contributed by atoms with Gasteiger partial charge < -0.3 is 4.57 Å². The van der Waals surface area contributed by atoms with Crippen LogP contribution in [0, 0.1) is 23.7 Å². The quantitative estimate of drug-likeness (QED) is 0.490. The molecular weight excluding hydrogens is 402 g/mol. The fourth-order valence-corrected chi connectivity index (χ4v) is 8.29. The predicted octanol–water partition coefficient (Wildman–Crippen LogP) is 6.80. The Morgan fingerprint density at radius 3 is 2.52 bits per heavy atom. The van der Waals surface area contributed by atoms with Gasteiger partial charge in [-0.25, -0.2) is 4.98 Å². The first-order chi connectivity index (χ1) is 15.2. The topological polar surface area (TPSA) is 21.1 Å². The van der Waals surface area contributed by atoms with Gasteiger partial charge in [-0.2, -0.15) is 0 Å². The molecule has 3 nitrogen and oxygen atoms in total. The van der Waals surface area contributed by atoms with Crippen LogP contribution in [0.5, 0.6) is 0 Å². The first-order valence-corrected chi connectivity index (χ1v) is 13.5. The second-order valence-electron chi connectivity index (χ2n) is 11.3. The van der Waals surface area contributed by atoms with Crippen LogP contribution in [0.25, 0.3) is 11.0 Å². The highest BCUT2D eigenvalue weighted by Gasteiger charge is 2.45. The average Bonchev–Trinajstić information content (AvgIpc) is 3.15. The van der Waals surface area contributed by atoms with Gasteiger partial charge in [0, 0.05) is 24.7 Å². The second-order valence-corrected chi connectivity index (χ2v) is 11.5. The Bertz CT molecular complexity index is 910. The number of nitrogens with zero attached hydrogens (tertiary/aromatic N) is 3. The summed E-state index contributed by atoms with van der Waals surface area (Å²) < 4.78 is 2.56. The van der Waals surface area contributed by atoms with Crippen molar-refractivity contribution in [3.8, 4) is 0 Å². The lowest BCUT2D eigenvalue weighted by atomic mass is 9.68. The number of hydrogen-bond acceptors (Lipinski definition) is 2. The maximum absolute atomic E-state index is 6.44. The number of rotatable bonds is 3. The van der Waals surface area contributed by atoms with Gasteiger partial charge in [0.1, 0.15) is 5.82 Å². The standard InChI is InChI=1S/C27H38ClN3/c1-18-6-4-9-21-17-30(22-13-19-7-5-8-20(12-19)14-22)25(18)15-26(21)31-24-11-3-2-10-23(24)29-27(31)16-28/h2-3,10-11,18-22,25-26H,4-9,12-17H2,1H3/t18-,19-,20+,21?,22?,25+,26+/m1/s1. The Morgan fingerprint density at radius 1 is 0.935 bits per heavy atom. The fourth-order valence-electron chi connectivity index (χ4n) is 8.10. The third kappa shape index (κ3) is 3.64. The Balaban J connectivity index is 1.34. The van der Waals surface area contributed by atoms with Crippen LogP contribution < -0.4 is 0 Å². The summed E-state index contributed by atoms with van der Waals surface area (Å²) in [7, 11) is 0. The van der Waals surface area contributed by atoms with Crippen LogP contribution in [0.1, 0.15) is 83.0 Å². The Hall–Kier alpha value is -1.06. The summed E-state index contributed by atoms with van der Waals surface area (Å²) in [6.07, 6.45) is 14.4. The van der Waals surface area contributed by atoms with Crippen molar-refractivity contribution in [1.82, 2.24) is 14.5 Å². The molecule has 2 unspecified atom stereocenters. The molecule has 4 bridgehead atoms. The number of benzene rings is 1. The highest BCUT2D eigenvalue weighted by atomic mass is 35.5. The molecule has 0 radical (unpaired) electrons. The lowest BCUT2D eigenvalue weighted by Crippen LogP contribution is -2.57. The van der Waals surface area contributed by atoms with E-state index in [-0.39, 0.29) is 0 Å². The van der Waals surface area contributed by atoms with Crippen LogP contribution in [0.4, 0.5) is 0 Å². The van der Waals surface area contributed by atoms with E-state index in [1.165, 1.54) is 76.3 Å². The Labute approximate surface area is 192 Å². The minimum Gasteiger partial charge on any atom is -0.323 e. The van der Waals surface area contributed by atoms with Gasteiger partial charge >= 0.3 is 0 Å². The number of fused-ring (bicyclic) bond motifs is 8. The molecule has 1 aromatic carbocycles. The third-order valence-electron chi connectivity index (χ3n) is 9.48.